The zero-order chi connectivity index (χ0) is 18.9. The molecule has 1 amide bonds. The fraction of sp³-hybridized carbons (Fsp3) is 0.474. The van der Waals surface area contributed by atoms with Crippen LogP contribution in [0.2, 0.25) is 0 Å². The van der Waals surface area contributed by atoms with Gasteiger partial charge < -0.3 is 9.88 Å². The SMILES string of the molecule is Cc1cccc2cc(CN(C(=O)C(F)(F)F)C3CCCCC3)c(=O)[nH]c12. The number of hydrogen-bond acceptors (Lipinski definition) is 2. The lowest BCUT2D eigenvalue weighted by Crippen LogP contribution is -2.48. The van der Waals surface area contributed by atoms with Crippen molar-refractivity contribution >= 4 is 16.8 Å². The molecule has 1 aliphatic carbocycles. The van der Waals surface area contributed by atoms with Gasteiger partial charge in [-0.25, -0.2) is 0 Å². The number of H-pyrrole nitrogens is 1. The van der Waals surface area contributed by atoms with E-state index in [1.54, 1.807) is 12.1 Å². The van der Waals surface area contributed by atoms with Gasteiger partial charge in [0.25, 0.3) is 5.56 Å². The molecule has 140 valence electrons. The standard InChI is InChI=1S/C19H21F3N2O2/c1-12-6-5-7-13-10-14(17(25)23-16(12)13)11-24(18(26)19(20,21)22)15-8-3-2-4-9-15/h5-7,10,15H,2-4,8-9,11H2,1H3,(H,23,25). The highest BCUT2D eigenvalue weighted by Crippen LogP contribution is 2.28. The number of hydrogen-bond donors (Lipinski definition) is 1. The summed E-state index contributed by atoms with van der Waals surface area (Å²) in [5, 5.41) is 0.739. The zero-order valence-electron chi connectivity index (χ0n) is 14.5. The number of amides is 1. The van der Waals surface area contributed by atoms with E-state index >= 15 is 0 Å². The van der Waals surface area contributed by atoms with E-state index in [4.69, 9.17) is 0 Å². The largest absolute Gasteiger partial charge is 0.471 e. The molecule has 1 fully saturated rings. The van der Waals surface area contributed by atoms with Crippen LogP contribution in [0.4, 0.5) is 13.2 Å². The molecule has 0 radical (unpaired) electrons. The molecule has 0 atom stereocenters. The summed E-state index contributed by atoms with van der Waals surface area (Å²) in [6, 6.07) is 6.56. The van der Waals surface area contributed by atoms with Gasteiger partial charge in [-0.2, -0.15) is 13.2 Å². The second-order valence-corrected chi connectivity index (χ2v) is 6.89. The van der Waals surface area contributed by atoms with Crippen molar-refractivity contribution in [3.63, 3.8) is 0 Å². The number of pyridine rings is 1. The fourth-order valence-corrected chi connectivity index (χ4v) is 3.65. The first-order valence-electron chi connectivity index (χ1n) is 8.76. The fourth-order valence-electron chi connectivity index (χ4n) is 3.65. The molecule has 0 spiro atoms. The van der Waals surface area contributed by atoms with E-state index in [2.05, 4.69) is 4.98 Å². The summed E-state index contributed by atoms with van der Waals surface area (Å²) in [6.45, 7) is 1.52. The maximum atomic E-state index is 13.1. The minimum Gasteiger partial charge on any atom is -0.327 e. The number of fused-ring (bicyclic) bond motifs is 1. The van der Waals surface area contributed by atoms with Gasteiger partial charge in [-0.3, -0.25) is 9.59 Å². The van der Waals surface area contributed by atoms with Crippen molar-refractivity contribution in [1.29, 1.82) is 0 Å². The smallest absolute Gasteiger partial charge is 0.327 e. The summed E-state index contributed by atoms with van der Waals surface area (Å²) in [7, 11) is 0. The molecule has 2 aromatic rings. The van der Waals surface area contributed by atoms with E-state index in [1.165, 1.54) is 0 Å². The number of halogens is 3. The first-order valence-corrected chi connectivity index (χ1v) is 8.76. The lowest BCUT2D eigenvalue weighted by molar-refractivity contribution is -0.189. The number of nitrogens with zero attached hydrogens (tertiary/aromatic N) is 1. The summed E-state index contributed by atoms with van der Waals surface area (Å²) in [6.07, 6.45) is -1.34. The van der Waals surface area contributed by atoms with Crippen LogP contribution in [0.15, 0.2) is 29.1 Å². The van der Waals surface area contributed by atoms with Crippen molar-refractivity contribution < 1.29 is 18.0 Å². The summed E-state index contributed by atoms with van der Waals surface area (Å²) in [5.41, 5.74) is 1.25. The van der Waals surface area contributed by atoms with Crippen molar-refractivity contribution in [3.05, 3.63) is 45.7 Å². The van der Waals surface area contributed by atoms with E-state index in [9.17, 15) is 22.8 Å². The second-order valence-electron chi connectivity index (χ2n) is 6.89. The molecule has 1 aliphatic rings. The predicted octanol–water partition coefficient (Wildman–Crippen LogP) is 4.06. The van der Waals surface area contributed by atoms with Gasteiger partial charge in [0.1, 0.15) is 0 Å². The molecule has 0 aliphatic heterocycles. The Labute approximate surface area is 149 Å². The summed E-state index contributed by atoms with van der Waals surface area (Å²) in [5.74, 6) is -1.87. The van der Waals surface area contributed by atoms with Crippen molar-refractivity contribution in [2.45, 2.75) is 57.8 Å². The maximum Gasteiger partial charge on any atom is 0.471 e. The molecule has 4 nitrogen and oxygen atoms in total. The quantitative estimate of drug-likeness (QED) is 0.891. The first kappa shape index (κ1) is 18.5. The number of aromatic nitrogens is 1. The third-order valence-corrected chi connectivity index (χ3v) is 5.02. The van der Waals surface area contributed by atoms with Gasteiger partial charge in [-0.1, -0.05) is 37.5 Å². The number of aryl methyl sites for hydroxylation is 1. The molecule has 1 heterocycles. The molecular weight excluding hydrogens is 345 g/mol. The summed E-state index contributed by atoms with van der Waals surface area (Å²) in [4.78, 5) is 28.0. The first-order chi connectivity index (χ1) is 12.3. The van der Waals surface area contributed by atoms with Crippen molar-refractivity contribution in [2.24, 2.45) is 0 Å². The molecule has 0 saturated heterocycles. The number of carbonyl (C=O) groups is 1. The summed E-state index contributed by atoms with van der Waals surface area (Å²) >= 11 is 0. The van der Waals surface area contributed by atoms with E-state index in [0.29, 0.717) is 18.4 Å². The number of aromatic amines is 1. The normalized spacial score (nSPS) is 16.0. The molecule has 0 bridgehead atoms. The average molecular weight is 366 g/mol. The average Bonchev–Trinajstić information content (AvgIpc) is 2.60. The van der Waals surface area contributed by atoms with Gasteiger partial charge in [-0.15, -0.1) is 0 Å². The monoisotopic (exact) mass is 366 g/mol. The van der Waals surface area contributed by atoms with E-state index in [-0.39, 0.29) is 12.1 Å². The Hall–Kier alpha value is -2.31. The van der Waals surface area contributed by atoms with Crippen molar-refractivity contribution in [2.75, 3.05) is 0 Å². The highest BCUT2D eigenvalue weighted by Gasteiger charge is 2.44. The second kappa shape index (κ2) is 7.13. The van der Waals surface area contributed by atoms with Gasteiger partial charge in [0.2, 0.25) is 0 Å². The van der Waals surface area contributed by atoms with Crippen LogP contribution in [0.5, 0.6) is 0 Å². The van der Waals surface area contributed by atoms with Gasteiger partial charge in [0, 0.05) is 11.6 Å². The summed E-state index contributed by atoms with van der Waals surface area (Å²) < 4.78 is 39.3. The number of carbonyl (C=O) groups excluding carboxylic acids is 1. The van der Waals surface area contributed by atoms with Crippen LogP contribution < -0.4 is 5.56 Å². The number of para-hydroxylation sites is 1. The molecule has 26 heavy (non-hydrogen) atoms. The minimum atomic E-state index is -4.95. The Bertz CT molecular complexity index is 867. The van der Waals surface area contributed by atoms with Crippen molar-refractivity contribution in [3.8, 4) is 0 Å². The van der Waals surface area contributed by atoms with Crippen LogP contribution in [0.3, 0.4) is 0 Å². The van der Waals surface area contributed by atoms with Crippen LogP contribution in [0.25, 0.3) is 10.9 Å². The van der Waals surface area contributed by atoms with E-state index in [1.807, 2.05) is 19.1 Å². The van der Waals surface area contributed by atoms with Crippen LogP contribution in [0.1, 0.15) is 43.2 Å². The highest BCUT2D eigenvalue weighted by atomic mass is 19.4. The van der Waals surface area contributed by atoms with E-state index in [0.717, 1.165) is 35.1 Å². The van der Waals surface area contributed by atoms with Gasteiger partial charge in [0.15, 0.2) is 0 Å². The number of nitrogens with one attached hydrogen (secondary N) is 1. The third kappa shape index (κ3) is 3.76. The number of benzene rings is 1. The van der Waals surface area contributed by atoms with Crippen LogP contribution in [-0.2, 0) is 11.3 Å². The lowest BCUT2D eigenvalue weighted by Gasteiger charge is -2.34. The Kier molecular flexibility index (Phi) is 5.07. The molecule has 1 N–H and O–H groups in total. The minimum absolute atomic E-state index is 0.172. The predicted molar refractivity (Wildman–Crippen MR) is 92.8 cm³/mol. The molecule has 1 saturated carbocycles. The van der Waals surface area contributed by atoms with Crippen molar-refractivity contribution in [1.82, 2.24) is 9.88 Å². The number of rotatable bonds is 3. The van der Waals surface area contributed by atoms with Gasteiger partial charge in [0.05, 0.1) is 12.1 Å². The van der Waals surface area contributed by atoms with Gasteiger partial charge >= 0.3 is 12.1 Å². The maximum absolute atomic E-state index is 13.1. The van der Waals surface area contributed by atoms with Crippen LogP contribution >= 0.6 is 0 Å². The topological polar surface area (TPSA) is 53.2 Å². The molecule has 0 unspecified atom stereocenters. The Morgan fingerprint density at radius 1 is 1.23 bits per heavy atom. The zero-order valence-corrected chi connectivity index (χ0v) is 14.5. The third-order valence-electron chi connectivity index (χ3n) is 5.02. The molecular formula is C19H21F3N2O2. The number of alkyl halides is 3. The van der Waals surface area contributed by atoms with E-state index < -0.39 is 23.7 Å². The lowest BCUT2D eigenvalue weighted by atomic mass is 9.93. The Morgan fingerprint density at radius 2 is 1.92 bits per heavy atom. The molecule has 7 heteroatoms. The Balaban J connectivity index is 1.98. The molecule has 1 aromatic heterocycles. The van der Waals surface area contributed by atoms with Gasteiger partial charge in [-0.05, 0) is 36.8 Å². The van der Waals surface area contributed by atoms with Crippen LogP contribution in [0, 0.1) is 6.92 Å². The molecule has 3 rings (SSSR count). The molecule has 1 aromatic carbocycles. The van der Waals surface area contributed by atoms with Crippen LogP contribution in [-0.4, -0.2) is 28.0 Å². The highest BCUT2D eigenvalue weighted by molar-refractivity contribution is 5.83. The Morgan fingerprint density at radius 3 is 2.58 bits per heavy atom.